The number of hydrogen-bond acceptors (Lipinski definition) is 6. The Bertz CT molecular complexity index is 1520. The van der Waals surface area contributed by atoms with Gasteiger partial charge in [-0.3, -0.25) is 4.79 Å². The number of nitrogens with zero attached hydrogens (tertiary/aromatic N) is 4. The monoisotopic (exact) mass is 483 g/mol. The summed E-state index contributed by atoms with van der Waals surface area (Å²) >= 11 is 0. The van der Waals surface area contributed by atoms with Gasteiger partial charge in [0.2, 0.25) is 0 Å². The van der Waals surface area contributed by atoms with E-state index in [1.165, 1.54) is 12.1 Å². The summed E-state index contributed by atoms with van der Waals surface area (Å²) in [5.74, 6) is 0.600. The van der Waals surface area contributed by atoms with E-state index < -0.39 is 5.91 Å². The van der Waals surface area contributed by atoms with Gasteiger partial charge in [0.05, 0.1) is 23.6 Å². The zero-order valence-corrected chi connectivity index (χ0v) is 19.6. The van der Waals surface area contributed by atoms with Gasteiger partial charge in [0.25, 0.3) is 5.91 Å². The van der Waals surface area contributed by atoms with Crippen LogP contribution in [0.2, 0.25) is 0 Å². The van der Waals surface area contributed by atoms with Gasteiger partial charge in [0.1, 0.15) is 17.3 Å². The molecule has 2 heterocycles. The molecule has 3 aromatic carbocycles. The lowest BCUT2D eigenvalue weighted by Gasteiger charge is -2.09. The van der Waals surface area contributed by atoms with E-state index in [0.29, 0.717) is 34.0 Å². The second-order valence-electron chi connectivity index (χ2n) is 8.02. The van der Waals surface area contributed by atoms with Gasteiger partial charge >= 0.3 is 0 Å². The van der Waals surface area contributed by atoms with Gasteiger partial charge in [-0.05, 0) is 61.0 Å². The van der Waals surface area contributed by atoms with Crippen LogP contribution in [0.25, 0.3) is 16.8 Å². The molecule has 0 saturated heterocycles. The quantitative estimate of drug-likeness (QED) is 0.332. The van der Waals surface area contributed by atoms with Crippen LogP contribution in [0.3, 0.4) is 0 Å². The highest BCUT2D eigenvalue weighted by molar-refractivity contribution is 6.03. The first-order chi connectivity index (χ1) is 17.5. The molecule has 8 nitrogen and oxygen atoms in total. The SMILES string of the molecule is COCc1nn2c(C)c(C(=O)Nc3ccc(Oc4ccccc4)cc3)nnc2c1-c1ccc(F)cc1. The summed E-state index contributed by atoms with van der Waals surface area (Å²) in [6, 6.07) is 22.5. The highest BCUT2D eigenvalue weighted by Crippen LogP contribution is 2.29. The number of carbonyl (C=O) groups is 1. The topological polar surface area (TPSA) is 90.6 Å². The van der Waals surface area contributed by atoms with Crippen LogP contribution < -0.4 is 10.1 Å². The van der Waals surface area contributed by atoms with Crippen molar-refractivity contribution in [3.8, 4) is 22.6 Å². The largest absolute Gasteiger partial charge is 0.457 e. The van der Waals surface area contributed by atoms with E-state index in [2.05, 4.69) is 20.6 Å². The highest BCUT2D eigenvalue weighted by atomic mass is 19.1. The Balaban J connectivity index is 1.41. The van der Waals surface area contributed by atoms with Crippen LogP contribution >= 0.6 is 0 Å². The Kier molecular flexibility index (Phi) is 6.38. The Hall–Kier alpha value is -4.63. The number of para-hydroxylation sites is 1. The van der Waals surface area contributed by atoms with Gasteiger partial charge in [0, 0.05) is 12.8 Å². The first kappa shape index (κ1) is 23.1. The number of anilines is 1. The van der Waals surface area contributed by atoms with E-state index in [1.807, 2.05) is 30.3 Å². The molecule has 0 bridgehead atoms. The van der Waals surface area contributed by atoms with Crippen LogP contribution in [0.15, 0.2) is 78.9 Å². The van der Waals surface area contributed by atoms with E-state index in [9.17, 15) is 9.18 Å². The first-order valence-electron chi connectivity index (χ1n) is 11.2. The molecular formula is C27H22FN5O3. The average Bonchev–Trinajstić information content (AvgIpc) is 3.26. The van der Waals surface area contributed by atoms with Crippen molar-refractivity contribution in [2.24, 2.45) is 0 Å². The Labute approximate surface area is 206 Å². The molecule has 0 radical (unpaired) electrons. The fourth-order valence-electron chi connectivity index (χ4n) is 3.83. The molecule has 0 aliphatic carbocycles. The number of nitrogens with one attached hydrogen (secondary N) is 1. The number of hydrogen-bond donors (Lipinski definition) is 1. The number of rotatable bonds is 7. The van der Waals surface area contributed by atoms with Crippen molar-refractivity contribution in [3.05, 3.63) is 102 Å². The predicted octanol–water partition coefficient (Wildman–Crippen LogP) is 5.43. The van der Waals surface area contributed by atoms with E-state index in [4.69, 9.17) is 9.47 Å². The molecule has 36 heavy (non-hydrogen) atoms. The van der Waals surface area contributed by atoms with Crippen LogP contribution in [0.5, 0.6) is 11.5 Å². The molecule has 0 spiro atoms. The molecule has 0 atom stereocenters. The lowest BCUT2D eigenvalue weighted by molar-refractivity contribution is 0.102. The summed E-state index contributed by atoms with van der Waals surface area (Å²) in [6.07, 6.45) is 0. The third-order valence-corrected chi connectivity index (χ3v) is 5.56. The maximum absolute atomic E-state index is 13.5. The number of benzene rings is 3. The van der Waals surface area contributed by atoms with Gasteiger partial charge < -0.3 is 14.8 Å². The normalized spacial score (nSPS) is 11.0. The lowest BCUT2D eigenvalue weighted by atomic mass is 10.1. The second kappa shape index (κ2) is 9.93. The third-order valence-electron chi connectivity index (χ3n) is 5.56. The van der Waals surface area contributed by atoms with Crippen molar-refractivity contribution in [1.82, 2.24) is 19.8 Å². The molecule has 2 aromatic heterocycles. The van der Waals surface area contributed by atoms with Crippen molar-refractivity contribution in [2.45, 2.75) is 13.5 Å². The number of carbonyl (C=O) groups excluding carboxylic acids is 1. The molecule has 1 amide bonds. The van der Waals surface area contributed by atoms with E-state index in [-0.39, 0.29) is 18.1 Å². The summed E-state index contributed by atoms with van der Waals surface area (Å²) in [6.45, 7) is 1.96. The minimum absolute atomic E-state index is 0.129. The molecule has 0 aliphatic rings. The van der Waals surface area contributed by atoms with Gasteiger partial charge in [-0.2, -0.15) is 5.10 Å². The van der Waals surface area contributed by atoms with Crippen LogP contribution in [-0.2, 0) is 11.3 Å². The molecule has 0 saturated carbocycles. The van der Waals surface area contributed by atoms with E-state index >= 15 is 0 Å². The molecule has 0 fully saturated rings. The molecule has 5 rings (SSSR count). The van der Waals surface area contributed by atoms with Crippen molar-refractivity contribution < 1.29 is 18.7 Å². The van der Waals surface area contributed by atoms with Crippen LogP contribution in [0, 0.1) is 12.7 Å². The van der Waals surface area contributed by atoms with Crippen molar-refractivity contribution in [3.63, 3.8) is 0 Å². The molecular weight excluding hydrogens is 461 g/mol. The zero-order valence-electron chi connectivity index (χ0n) is 19.6. The van der Waals surface area contributed by atoms with Gasteiger partial charge in [0.15, 0.2) is 11.3 Å². The summed E-state index contributed by atoms with van der Waals surface area (Å²) in [4.78, 5) is 13.0. The summed E-state index contributed by atoms with van der Waals surface area (Å²) < 4.78 is 26.1. The number of aromatic nitrogens is 4. The molecule has 9 heteroatoms. The smallest absolute Gasteiger partial charge is 0.278 e. The molecule has 0 unspecified atom stereocenters. The first-order valence-corrected chi connectivity index (χ1v) is 11.2. The van der Waals surface area contributed by atoms with E-state index in [0.717, 1.165) is 11.3 Å². The Morgan fingerprint density at radius 3 is 2.33 bits per heavy atom. The van der Waals surface area contributed by atoms with Gasteiger partial charge in [-0.25, -0.2) is 8.91 Å². The number of halogens is 1. The summed E-state index contributed by atoms with van der Waals surface area (Å²) in [5, 5.41) is 15.9. The maximum Gasteiger partial charge on any atom is 0.278 e. The number of ether oxygens (including phenoxy) is 2. The molecule has 5 aromatic rings. The number of aryl methyl sites for hydroxylation is 1. The van der Waals surface area contributed by atoms with Crippen molar-refractivity contribution in [1.29, 1.82) is 0 Å². The van der Waals surface area contributed by atoms with Crippen LogP contribution in [-0.4, -0.2) is 32.8 Å². The summed E-state index contributed by atoms with van der Waals surface area (Å²) in [7, 11) is 1.56. The standard InChI is InChI=1S/C27H22FN5O3/c1-17-25(27(34)29-20-12-14-22(15-13-20)36-21-6-4-3-5-7-21)30-31-26-24(18-8-10-19(28)11-9-18)23(16-35-2)32-33(17)26/h3-15H,16H2,1-2H3,(H,29,34). The van der Waals surface area contributed by atoms with Crippen molar-refractivity contribution in [2.75, 3.05) is 12.4 Å². The third kappa shape index (κ3) is 4.64. The van der Waals surface area contributed by atoms with Crippen LogP contribution in [0.1, 0.15) is 21.9 Å². The fraction of sp³-hybridized carbons (Fsp3) is 0.111. The van der Waals surface area contributed by atoms with Crippen molar-refractivity contribution >= 4 is 17.2 Å². The minimum atomic E-state index is -0.425. The predicted molar refractivity (Wildman–Crippen MR) is 133 cm³/mol. The Morgan fingerprint density at radius 1 is 0.944 bits per heavy atom. The maximum atomic E-state index is 13.5. The molecule has 0 aliphatic heterocycles. The summed E-state index contributed by atoms with van der Waals surface area (Å²) in [5.41, 5.74) is 3.67. The van der Waals surface area contributed by atoms with E-state index in [1.54, 1.807) is 54.9 Å². The number of methoxy groups -OCH3 is 1. The highest BCUT2D eigenvalue weighted by Gasteiger charge is 2.22. The van der Waals surface area contributed by atoms with Crippen LogP contribution in [0.4, 0.5) is 10.1 Å². The second-order valence-corrected chi connectivity index (χ2v) is 8.02. The zero-order chi connectivity index (χ0) is 25.1. The molecule has 1 N–H and O–H groups in total. The van der Waals surface area contributed by atoms with Gasteiger partial charge in [-0.1, -0.05) is 30.3 Å². The minimum Gasteiger partial charge on any atom is -0.457 e. The lowest BCUT2D eigenvalue weighted by Crippen LogP contribution is -2.18. The Morgan fingerprint density at radius 2 is 1.64 bits per heavy atom. The number of fused-ring (bicyclic) bond motifs is 1. The van der Waals surface area contributed by atoms with Gasteiger partial charge in [-0.15, -0.1) is 10.2 Å². The average molecular weight is 484 g/mol. The fourth-order valence-corrected chi connectivity index (χ4v) is 3.83. The molecule has 180 valence electrons. The number of amides is 1.